The zero-order valence-electron chi connectivity index (χ0n) is 8.13. The summed E-state index contributed by atoms with van der Waals surface area (Å²) in [5.41, 5.74) is -0.0710. The second-order valence-corrected chi connectivity index (χ2v) is 3.34. The Kier molecular flexibility index (Phi) is 1.95. The van der Waals surface area contributed by atoms with E-state index in [1.807, 2.05) is 0 Å². The average molecular weight is 215 g/mol. The molecule has 15 heavy (non-hydrogen) atoms. The summed E-state index contributed by atoms with van der Waals surface area (Å²) in [6, 6.07) is 1.38. The van der Waals surface area contributed by atoms with Crippen LogP contribution in [-0.4, -0.2) is 14.6 Å². The Balaban J connectivity index is 2.76. The molecule has 6 heteroatoms. The van der Waals surface area contributed by atoms with Gasteiger partial charge in [-0.25, -0.2) is 0 Å². The number of pyridine rings is 1. The minimum Gasteiger partial charge on any atom is -0.286 e. The zero-order chi connectivity index (χ0) is 11.2. The monoisotopic (exact) mass is 215 g/mol. The normalized spacial score (nSPS) is 12.3. The molecule has 0 fully saturated rings. The van der Waals surface area contributed by atoms with Crippen molar-refractivity contribution in [2.24, 2.45) is 0 Å². The average Bonchev–Trinajstić information content (AvgIpc) is 2.44. The number of rotatable bonds is 0. The summed E-state index contributed by atoms with van der Waals surface area (Å²) >= 11 is 0. The number of hydrogen-bond donors (Lipinski definition) is 0. The van der Waals surface area contributed by atoms with E-state index in [1.54, 1.807) is 6.92 Å². The van der Waals surface area contributed by atoms with Crippen LogP contribution in [0.15, 0.2) is 12.3 Å². The van der Waals surface area contributed by atoms with Crippen LogP contribution in [0.25, 0.3) is 5.65 Å². The van der Waals surface area contributed by atoms with Gasteiger partial charge < -0.3 is 0 Å². The van der Waals surface area contributed by atoms with E-state index in [9.17, 15) is 13.2 Å². The molecule has 0 amide bonds. The van der Waals surface area contributed by atoms with Gasteiger partial charge in [-0.15, -0.1) is 10.2 Å². The Bertz CT molecular complexity index is 513. The molecule has 2 aromatic rings. The van der Waals surface area contributed by atoms with Crippen molar-refractivity contribution < 1.29 is 13.2 Å². The highest BCUT2D eigenvalue weighted by Gasteiger charge is 2.33. The molecule has 0 saturated heterocycles. The van der Waals surface area contributed by atoms with Crippen molar-refractivity contribution in [3.63, 3.8) is 0 Å². The molecule has 0 N–H and O–H groups in total. The van der Waals surface area contributed by atoms with E-state index in [0.29, 0.717) is 11.5 Å². The zero-order valence-corrected chi connectivity index (χ0v) is 8.13. The van der Waals surface area contributed by atoms with E-state index < -0.39 is 11.7 Å². The van der Waals surface area contributed by atoms with Crippen molar-refractivity contribution in [1.82, 2.24) is 14.6 Å². The van der Waals surface area contributed by atoms with Crippen LogP contribution in [0.3, 0.4) is 0 Å². The number of aromatic nitrogens is 3. The van der Waals surface area contributed by atoms with E-state index >= 15 is 0 Å². The summed E-state index contributed by atoms with van der Waals surface area (Å²) in [4.78, 5) is 0. The quantitative estimate of drug-likeness (QED) is 0.675. The van der Waals surface area contributed by atoms with Crippen molar-refractivity contribution >= 4 is 5.65 Å². The molecule has 0 aliphatic heterocycles. The number of alkyl halides is 3. The molecule has 0 unspecified atom stereocenters. The van der Waals surface area contributed by atoms with Gasteiger partial charge in [-0.05, 0) is 25.5 Å². The number of halogens is 3. The molecule has 3 nitrogen and oxygen atoms in total. The molecule has 0 radical (unpaired) electrons. The third-order valence-corrected chi connectivity index (χ3v) is 2.23. The van der Waals surface area contributed by atoms with Crippen LogP contribution in [0.4, 0.5) is 13.2 Å². The molecular formula is C9H8F3N3. The SMILES string of the molecule is Cc1cc2nnc(C)n2cc1C(F)(F)F. The Labute approximate surface area is 83.5 Å². The topological polar surface area (TPSA) is 30.2 Å². The minimum atomic E-state index is -4.34. The van der Waals surface area contributed by atoms with Gasteiger partial charge in [-0.1, -0.05) is 0 Å². The van der Waals surface area contributed by atoms with Gasteiger partial charge in [0.05, 0.1) is 5.56 Å². The Morgan fingerprint density at radius 1 is 1.20 bits per heavy atom. The van der Waals surface area contributed by atoms with Crippen LogP contribution in [0, 0.1) is 13.8 Å². The van der Waals surface area contributed by atoms with Crippen molar-refractivity contribution in [3.05, 3.63) is 29.2 Å². The van der Waals surface area contributed by atoms with E-state index in [2.05, 4.69) is 10.2 Å². The Morgan fingerprint density at radius 2 is 1.87 bits per heavy atom. The first-order valence-electron chi connectivity index (χ1n) is 4.29. The predicted molar refractivity (Wildman–Crippen MR) is 47.5 cm³/mol. The summed E-state index contributed by atoms with van der Waals surface area (Å²) in [5, 5.41) is 7.45. The second-order valence-electron chi connectivity index (χ2n) is 3.34. The first kappa shape index (κ1) is 9.95. The van der Waals surface area contributed by atoms with E-state index in [-0.39, 0.29) is 5.56 Å². The fourth-order valence-corrected chi connectivity index (χ4v) is 1.44. The third kappa shape index (κ3) is 1.55. The van der Waals surface area contributed by atoms with E-state index in [0.717, 1.165) is 6.20 Å². The van der Waals surface area contributed by atoms with Crippen molar-refractivity contribution in [3.8, 4) is 0 Å². The van der Waals surface area contributed by atoms with Gasteiger partial charge in [0.1, 0.15) is 5.82 Å². The van der Waals surface area contributed by atoms with Gasteiger partial charge in [0.2, 0.25) is 0 Å². The maximum absolute atomic E-state index is 12.6. The summed E-state index contributed by atoms with van der Waals surface area (Å²) in [5.74, 6) is 0.440. The molecule has 0 spiro atoms. The minimum absolute atomic E-state index is 0.155. The first-order chi connectivity index (χ1) is 6.89. The lowest BCUT2D eigenvalue weighted by Gasteiger charge is -2.10. The maximum Gasteiger partial charge on any atom is 0.418 e. The molecule has 0 aromatic carbocycles. The molecule has 80 valence electrons. The van der Waals surface area contributed by atoms with Gasteiger partial charge in [0.25, 0.3) is 0 Å². The first-order valence-corrected chi connectivity index (χ1v) is 4.29. The van der Waals surface area contributed by atoms with Crippen LogP contribution in [0.2, 0.25) is 0 Å². The van der Waals surface area contributed by atoms with E-state index in [4.69, 9.17) is 0 Å². The number of hydrogen-bond acceptors (Lipinski definition) is 2. The fraction of sp³-hybridized carbons (Fsp3) is 0.333. The van der Waals surface area contributed by atoms with Gasteiger partial charge in [-0.2, -0.15) is 13.2 Å². The predicted octanol–water partition coefficient (Wildman–Crippen LogP) is 2.36. The molecule has 2 aromatic heterocycles. The van der Waals surface area contributed by atoms with Crippen LogP contribution < -0.4 is 0 Å². The Hall–Kier alpha value is -1.59. The lowest BCUT2D eigenvalue weighted by Crippen LogP contribution is -2.09. The Morgan fingerprint density at radius 3 is 2.47 bits per heavy atom. The van der Waals surface area contributed by atoms with E-state index in [1.165, 1.54) is 17.4 Å². The van der Waals surface area contributed by atoms with Crippen LogP contribution in [-0.2, 0) is 6.18 Å². The van der Waals surface area contributed by atoms with Crippen LogP contribution in [0.5, 0.6) is 0 Å². The largest absolute Gasteiger partial charge is 0.418 e. The summed E-state index contributed by atoms with van der Waals surface area (Å²) in [6.07, 6.45) is -3.31. The molecule has 0 aliphatic carbocycles. The molecule has 2 heterocycles. The molecule has 2 rings (SSSR count). The van der Waals surface area contributed by atoms with Crippen LogP contribution in [0.1, 0.15) is 17.0 Å². The van der Waals surface area contributed by atoms with Crippen LogP contribution >= 0.6 is 0 Å². The van der Waals surface area contributed by atoms with Crippen molar-refractivity contribution in [1.29, 1.82) is 0 Å². The lowest BCUT2D eigenvalue weighted by molar-refractivity contribution is -0.138. The van der Waals surface area contributed by atoms with Gasteiger partial charge in [0.15, 0.2) is 5.65 Å². The van der Waals surface area contributed by atoms with Gasteiger partial charge in [0, 0.05) is 6.20 Å². The van der Waals surface area contributed by atoms with Crippen molar-refractivity contribution in [2.45, 2.75) is 20.0 Å². The fourth-order valence-electron chi connectivity index (χ4n) is 1.44. The molecular weight excluding hydrogens is 207 g/mol. The highest BCUT2D eigenvalue weighted by molar-refractivity contribution is 5.44. The third-order valence-electron chi connectivity index (χ3n) is 2.23. The number of fused-ring (bicyclic) bond motifs is 1. The number of aryl methyl sites for hydroxylation is 2. The van der Waals surface area contributed by atoms with Gasteiger partial charge in [-0.3, -0.25) is 4.40 Å². The molecule has 0 saturated carbocycles. The smallest absolute Gasteiger partial charge is 0.286 e. The highest BCUT2D eigenvalue weighted by Crippen LogP contribution is 2.31. The lowest BCUT2D eigenvalue weighted by atomic mass is 10.1. The summed E-state index contributed by atoms with van der Waals surface area (Å²) in [6.45, 7) is 3.02. The van der Waals surface area contributed by atoms with Gasteiger partial charge >= 0.3 is 6.18 Å². The highest BCUT2D eigenvalue weighted by atomic mass is 19.4. The number of nitrogens with zero attached hydrogens (tertiary/aromatic N) is 3. The maximum atomic E-state index is 12.6. The van der Waals surface area contributed by atoms with Crippen molar-refractivity contribution in [2.75, 3.05) is 0 Å². The molecule has 0 aliphatic rings. The standard InChI is InChI=1S/C9H8F3N3/c1-5-3-8-14-13-6(2)15(8)4-7(5)9(10,11)12/h3-4H,1-2H3. The summed E-state index contributed by atoms with van der Waals surface area (Å²) in [7, 11) is 0. The summed E-state index contributed by atoms with van der Waals surface area (Å²) < 4.78 is 39.0. The molecule has 0 atom stereocenters. The second kappa shape index (κ2) is 2.95. The molecule has 0 bridgehead atoms.